The highest BCUT2D eigenvalue weighted by molar-refractivity contribution is 9.10. The molecule has 1 aromatic heterocycles. The summed E-state index contributed by atoms with van der Waals surface area (Å²) < 4.78 is 19.8. The second-order valence-electron chi connectivity index (χ2n) is 8.77. The quantitative estimate of drug-likeness (QED) is 0.360. The zero-order valence-corrected chi connectivity index (χ0v) is 22.8. The van der Waals surface area contributed by atoms with E-state index in [0.717, 1.165) is 28.0 Å². The van der Waals surface area contributed by atoms with Crippen molar-refractivity contribution in [2.24, 2.45) is 0 Å². The summed E-state index contributed by atoms with van der Waals surface area (Å²) in [5, 5.41) is 4.88. The van der Waals surface area contributed by atoms with Crippen LogP contribution in [-0.2, 0) is 22.6 Å². The SMILES string of the molecule is O=C(CN(CCN1CCOCC1)C(=O)Nc1ccc(Br)cc1)N(Cc1ccc(F)cc1)Cc1cccs1. The molecule has 0 unspecified atom stereocenters. The van der Waals surface area contributed by atoms with Crippen LogP contribution in [0.4, 0.5) is 14.9 Å². The molecule has 10 heteroatoms. The van der Waals surface area contributed by atoms with Gasteiger partial charge in [0.15, 0.2) is 0 Å². The minimum Gasteiger partial charge on any atom is -0.379 e. The first-order chi connectivity index (χ1) is 18.0. The molecule has 2 heterocycles. The van der Waals surface area contributed by atoms with Crippen molar-refractivity contribution in [3.63, 3.8) is 0 Å². The Morgan fingerprint density at radius 1 is 1.00 bits per heavy atom. The molecule has 1 aliphatic rings. The number of ether oxygens (including phenoxy) is 1. The maximum Gasteiger partial charge on any atom is 0.322 e. The van der Waals surface area contributed by atoms with Gasteiger partial charge < -0.3 is 19.9 Å². The lowest BCUT2D eigenvalue weighted by Gasteiger charge is -2.31. The van der Waals surface area contributed by atoms with Gasteiger partial charge in [-0.2, -0.15) is 0 Å². The summed E-state index contributed by atoms with van der Waals surface area (Å²) in [4.78, 5) is 33.4. The number of nitrogens with zero attached hydrogens (tertiary/aromatic N) is 3. The van der Waals surface area contributed by atoms with E-state index in [9.17, 15) is 14.0 Å². The third-order valence-electron chi connectivity index (χ3n) is 6.06. The maximum atomic E-state index is 13.6. The molecule has 7 nitrogen and oxygen atoms in total. The number of morpholine rings is 1. The van der Waals surface area contributed by atoms with E-state index in [1.807, 2.05) is 41.8 Å². The molecule has 0 bridgehead atoms. The van der Waals surface area contributed by atoms with Crippen molar-refractivity contribution >= 4 is 44.9 Å². The van der Waals surface area contributed by atoms with E-state index >= 15 is 0 Å². The van der Waals surface area contributed by atoms with Gasteiger partial charge >= 0.3 is 6.03 Å². The molecule has 3 amide bonds. The number of halogens is 2. The Balaban J connectivity index is 1.48. The van der Waals surface area contributed by atoms with Crippen LogP contribution in [0, 0.1) is 5.82 Å². The molecule has 1 aliphatic heterocycles. The molecule has 3 aromatic rings. The van der Waals surface area contributed by atoms with Crippen LogP contribution in [0.15, 0.2) is 70.5 Å². The smallest absolute Gasteiger partial charge is 0.322 e. The molecule has 2 aromatic carbocycles. The number of carbonyl (C=O) groups is 2. The molecular weight excluding hydrogens is 559 g/mol. The fourth-order valence-corrected chi connectivity index (χ4v) is 4.96. The Morgan fingerprint density at radius 3 is 2.41 bits per heavy atom. The predicted molar refractivity (Wildman–Crippen MR) is 147 cm³/mol. The van der Waals surface area contributed by atoms with Crippen LogP contribution < -0.4 is 5.32 Å². The molecule has 0 atom stereocenters. The van der Waals surface area contributed by atoms with Gasteiger partial charge in [-0.1, -0.05) is 34.1 Å². The van der Waals surface area contributed by atoms with Crippen LogP contribution in [0.25, 0.3) is 0 Å². The number of nitrogens with one attached hydrogen (secondary N) is 1. The number of carbonyl (C=O) groups excluding carboxylic acids is 2. The second-order valence-corrected chi connectivity index (χ2v) is 10.7. The highest BCUT2D eigenvalue weighted by Crippen LogP contribution is 2.17. The minimum atomic E-state index is -0.332. The lowest BCUT2D eigenvalue weighted by Crippen LogP contribution is -2.48. The largest absolute Gasteiger partial charge is 0.379 e. The molecule has 1 fully saturated rings. The average Bonchev–Trinajstić information content (AvgIpc) is 3.42. The van der Waals surface area contributed by atoms with Crippen LogP contribution >= 0.6 is 27.3 Å². The molecular formula is C27H30BrFN4O3S. The van der Waals surface area contributed by atoms with Gasteiger partial charge in [-0.15, -0.1) is 11.3 Å². The fraction of sp³-hybridized carbons (Fsp3) is 0.333. The van der Waals surface area contributed by atoms with E-state index in [-0.39, 0.29) is 24.3 Å². The van der Waals surface area contributed by atoms with E-state index in [2.05, 4.69) is 26.1 Å². The van der Waals surface area contributed by atoms with Gasteiger partial charge in [-0.05, 0) is 53.4 Å². The molecule has 0 saturated carbocycles. The molecule has 196 valence electrons. The van der Waals surface area contributed by atoms with Crippen molar-refractivity contribution < 1.29 is 18.7 Å². The monoisotopic (exact) mass is 588 g/mol. The molecule has 1 saturated heterocycles. The van der Waals surface area contributed by atoms with E-state index in [1.54, 1.807) is 33.3 Å². The van der Waals surface area contributed by atoms with Gasteiger partial charge in [0.1, 0.15) is 12.4 Å². The highest BCUT2D eigenvalue weighted by atomic mass is 79.9. The first kappa shape index (κ1) is 27.3. The van der Waals surface area contributed by atoms with E-state index < -0.39 is 0 Å². The van der Waals surface area contributed by atoms with Crippen molar-refractivity contribution in [1.82, 2.24) is 14.7 Å². The Bertz CT molecular complexity index is 1140. The Labute approximate surface area is 228 Å². The van der Waals surface area contributed by atoms with Gasteiger partial charge in [0.25, 0.3) is 0 Å². The van der Waals surface area contributed by atoms with Crippen LogP contribution in [0.5, 0.6) is 0 Å². The number of hydrogen-bond acceptors (Lipinski definition) is 5. The zero-order chi connectivity index (χ0) is 26.0. The number of thiophene rings is 1. The van der Waals surface area contributed by atoms with Crippen molar-refractivity contribution in [1.29, 1.82) is 0 Å². The van der Waals surface area contributed by atoms with Crippen molar-refractivity contribution in [2.45, 2.75) is 13.1 Å². The number of anilines is 1. The molecule has 0 radical (unpaired) electrons. The number of hydrogen-bond donors (Lipinski definition) is 1. The maximum absolute atomic E-state index is 13.6. The van der Waals surface area contributed by atoms with Crippen LogP contribution in [0.3, 0.4) is 0 Å². The van der Waals surface area contributed by atoms with Gasteiger partial charge in [-0.3, -0.25) is 9.69 Å². The molecule has 4 rings (SSSR count). The van der Waals surface area contributed by atoms with Crippen LogP contribution in [0.2, 0.25) is 0 Å². The van der Waals surface area contributed by atoms with E-state index in [0.29, 0.717) is 45.1 Å². The zero-order valence-electron chi connectivity index (χ0n) is 20.4. The lowest BCUT2D eigenvalue weighted by atomic mass is 10.2. The molecule has 37 heavy (non-hydrogen) atoms. The van der Waals surface area contributed by atoms with E-state index in [4.69, 9.17) is 4.74 Å². The lowest BCUT2D eigenvalue weighted by molar-refractivity contribution is -0.133. The molecule has 0 aliphatic carbocycles. The number of urea groups is 1. The van der Waals surface area contributed by atoms with Crippen LogP contribution in [-0.4, -0.2) is 72.6 Å². The van der Waals surface area contributed by atoms with E-state index in [1.165, 1.54) is 12.1 Å². The Kier molecular flexibility index (Phi) is 10.1. The summed E-state index contributed by atoms with van der Waals surface area (Å²) in [5.74, 6) is -0.496. The molecule has 0 spiro atoms. The van der Waals surface area contributed by atoms with Gasteiger partial charge in [0, 0.05) is 47.8 Å². The summed E-state index contributed by atoms with van der Waals surface area (Å²) in [6.07, 6.45) is 0. The van der Waals surface area contributed by atoms with Crippen molar-refractivity contribution in [2.75, 3.05) is 51.3 Å². The number of benzene rings is 2. The Morgan fingerprint density at radius 2 is 1.73 bits per heavy atom. The first-order valence-corrected chi connectivity index (χ1v) is 13.8. The van der Waals surface area contributed by atoms with Crippen LogP contribution in [0.1, 0.15) is 10.4 Å². The predicted octanol–water partition coefficient (Wildman–Crippen LogP) is 5.04. The number of rotatable bonds is 10. The second kappa shape index (κ2) is 13.7. The van der Waals surface area contributed by atoms with Crippen molar-refractivity contribution in [3.8, 4) is 0 Å². The Hall–Kier alpha value is -2.79. The topological polar surface area (TPSA) is 65.1 Å². The van der Waals surface area contributed by atoms with Gasteiger partial charge in [0.2, 0.25) is 5.91 Å². The van der Waals surface area contributed by atoms with Crippen molar-refractivity contribution in [3.05, 3.63) is 86.8 Å². The average molecular weight is 590 g/mol. The third kappa shape index (κ3) is 8.63. The first-order valence-electron chi connectivity index (χ1n) is 12.1. The third-order valence-corrected chi connectivity index (χ3v) is 7.45. The minimum absolute atomic E-state index is 0.0702. The molecule has 1 N–H and O–H groups in total. The highest BCUT2D eigenvalue weighted by Gasteiger charge is 2.23. The summed E-state index contributed by atoms with van der Waals surface area (Å²) in [7, 11) is 0. The summed E-state index contributed by atoms with van der Waals surface area (Å²) in [6, 6.07) is 17.1. The summed E-state index contributed by atoms with van der Waals surface area (Å²) in [5.41, 5.74) is 1.48. The fourth-order valence-electron chi connectivity index (χ4n) is 3.97. The normalized spacial score (nSPS) is 13.8. The summed E-state index contributed by atoms with van der Waals surface area (Å²) >= 11 is 4.97. The standard InChI is InChI=1S/C27H30BrFN4O3S/c28-22-5-9-24(10-6-22)30-27(35)32(12-11-31-13-15-36-16-14-31)20-26(34)33(19-25-2-1-17-37-25)18-21-3-7-23(29)8-4-21/h1-10,17H,11-16,18-20H2,(H,30,35). The van der Waals surface area contributed by atoms with Gasteiger partial charge in [-0.25, -0.2) is 9.18 Å². The summed E-state index contributed by atoms with van der Waals surface area (Å²) in [6.45, 7) is 4.63. The van der Waals surface area contributed by atoms with Gasteiger partial charge in [0.05, 0.1) is 19.8 Å². The number of amides is 3.